The lowest BCUT2D eigenvalue weighted by atomic mass is 10.0. The van der Waals surface area contributed by atoms with Crippen LogP contribution in [0.3, 0.4) is 0 Å². The third-order valence-electron chi connectivity index (χ3n) is 15.6. The Hall–Kier alpha value is -5.15. The van der Waals surface area contributed by atoms with E-state index in [2.05, 4.69) is 208 Å². The van der Waals surface area contributed by atoms with Crippen LogP contribution in [-0.2, 0) is 32.7 Å². The third kappa shape index (κ3) is 77.9. The summed E-state index contributed by atoms with van der Waals surface area (Å²) < 4.78 is 34.7. The molecular weight excluding hydrogens is 1210 g/mol. The number of unbranched alkanes of at least 4 members (excludes halogenated alkanes) is 22. The summed E-state index contributed by atoms with van der Waals surface area (Å²) in [5, 5.41) is 0. The lowest BCUT2D eigenvalue weighted by Crippen LogP contribution is -2.37. The molecule has 0 aromatic carbocycles. The Morgan fingerprint density at radius 3 is 0.844 bits per heavy atom. The van der Waals surface area contributed by atoms with Gasteiger partial charge in [0.15, 0.2) is 6.10 Å². The van der Waals surface area contributed by atoms with Crippen molar-refractivity contribution in [1.82, 2.24) is 0 Å². The normalized spacial score (nSPS) is 14.2. The molecule has 0 fully saturated rings. The minimum atomic E-state index is -4.42. The molecule has 0 saturated carbocycles. The summed E-state index contributed by atoms with van der Waals surface area (Å²) in [4.78, 5) is 35.9. The molecule has 0 aromatic heterocycles. The average molecular weight is 1350 g/mol. The van der Waals surface area contributed by atoms with Crippen molar-refractivity contribution in [3.63, 3.8) is 0 Å². The van der Waals surface area contributed by atoms with Crippen molar-refractivity contribution in [2.45, 2.75) is 290 Å². The molecule has 2 unspecified atom stereocenters. The Bertz CT molecular complexity index is 2330. The number of ether oxygens (including phenoxy) is 2. The first-order chi connectivity index (χ1) is 47.0. The minimum absolute atomic E-state index is 0.0159. The van der Waals surface area contributed by atoms with Crippen LogP contribution < -0.4 is 0 Å². The molecule has 0 bridgehead atoms. The van der Waals surface area contributed by atoms with Crippen LogP contribution in [0.5, 0.6) is 0 Å². The largest absolute Gasteiger partial charge is 0.472 e. The number of phosphoric acid groups is 1. The van der Waals surface area contributed by atoms with E-state index >= 15 is 0 Å². The molecule has 2 atom stereocenters. The van der Waals surface area contributed by atoms with Crippen LogP contribution in [0.4, 0.5) is 0 Å². The van der Waals surface area contributed by atoms with E-state index in [0.29, 0.717) is 17.4 Å². The van der Waals surface area contributed by atoms with Crippen molar-refractivity contribution in [1.29, 1.82) is 0 Å². The Labute approximate surface area is 590 Å². The van der Waals surface area contributed by atoms with Gasteiger partial charge in [-0.1, -0.05) is 324 Å². The highest BCUT2D eigenvalue weighted by atomic mass is 31.2. The van der Waals surface area contributed by atoms with Crippen molar-refractivity contribution >= 4 is 19.8 Å². The van der Waals surface area contributed by atoms with Gasteiger partial charge in [-0.05, 0) is 141 Å². The Balaban J connectivity index is 4.13. The van der Waals surface area contributed by atoms with Gasteiger partial charge >= 0.3 is 19.8 Å². The number of likely N-dealkylation sites (N-methyl/N-ethyl adjacent to an activating group) is 1. The van der Waals surface area contributed by atoms with Gasteiger partial charge < -0.3 is 18.9 Å². The van der Waals surface area contributed by atoms with Crippen LogP contribution in [0.1, 0.15) is 284 Å². The highest BCUT2D eigenvalue weighted by molar-refractivity contribution is 7.47. The van der Waals surface area contributed by atoms with E-state index in [1.807, 2.05) is 21.1 Å². The molecule has 542 valence electrons. The topological polar surface area (TPSA) is 108 Å². The number of rotatable bonds is 68. The molecule has 0 radical (unpaired) electrons. The number of nitrogens with zero attached hydrogens (tertiary/aromatic N) is 1. The monoisotopic (exact) mass is 1350 g/mol. The van der Waals surface area contributed by atoms with E-state index in [9.17, 15) is 19.0 Å². The molecule has 10 heteroatoms. The fourth-order valence-corrected chi connectivity index (χ4v) is 10.6. The van der Waals surface area contributed by atoms with Gasteiger partial charge in [-0.3, -0.25) is 18.6 Å². The molecule has 0 heterocycles. The zero-order valence-electron chi connectivity index (χ0n) is 61.8. The zero-order valence-corrected chi connectivity index (χ0v) is 62.7. The molecule has 9 nitrogen and oxygen atoms in total. The summed E-state index contributed by atoms with van der Waals surface area (Å²) >= 11 is 0. The second-order valence-corrected chi connectivity index (χ2v) is 27.4. The van der Waals surface area contributed by atoms with Gasteiger partial charge in [-0.25, -0.2) is 4.57 Å². The van der Waals surface area contributed by atoms with E-state index in [4.69, 9.17) is 18.5 Å². The highest BCUT2D eigenvalue weighted by Gasteiger charge is 2.27. The number of hydrogen-bond acceptors (Lipinski definition) is 7. The van der Waals surface area contributed by atoms with E-state index in [1.54, 1.807) is 0 Å². The summed E-state index contributed by atoms with van der Waals surface area (Å²) in [5.74, 6) is -0.842. The van der Waals surface area contributed by atoms with Crippen molar-refractivity contribution in [3.8, 4) is 0 Å². The number of esters is 2. The molecule has 0 aliphatic heterocycles. The van der Waals surface area contributed by atoms with Gasteiger partial charge in [0.05, 0.1) is 27.7 Å². The lowest BCUT2D eigenvalue weighted by molar-refractivity contribution is -0.870. The predicted molar refractivity (Wildman–Crippen MR) is 417 cm³/mol. The van der Waals surface area contributed by atoms with Crippen LogP contribution in [0.25, 0.3) is 0 Å². The smallest absolute Gasteiger partial charge is 0.462 e. The maximum Gasteiger partial charge on any atom is 0.472 e. The van der Waals surface area contributed by atoms with Gasteiger partial charge in [0.1, 0.15) is 19.8 Å². The average Bonchev–Trinajstić information content (AvgIpc) is 2.72. The van der Waals surface area contributed by atoms with Crippen LogP contribution in [0, 0.1) is 0 Å². The summed E-state index contributed by atoms with van der Waals surface area (Å²) in [7, 11) is 1.44. The summed E-state index contributed by atoms with van der Waals surface area (Å²) in [6.07, 6.45) is 116. The standard InChI is InChI=1S/C86H140NO8P/c1-6-8-10-12-14-16-18-20-22-24-26-28-30-32-34-36-38-40-42-43-45-47-49-51-53-55-57-59-61-63-65-67-69-71-73-75-77-79-86(89)95-84(83-94-96(90,91)93-81-80-87(3,4)5)82-92-85(88)78-76-74-72-70-68-66-64-62-60-58-56-54-52-50-48-46-44-41-39-37-35-33-31-29-27-25-23-21-19-17-15-13-11-9-7-2/h8-11,14-17,20-23,26-29,32-35,38,40,43,45,49,51,55,57,61,63,67,69,84H,6-7,12-13,18-19,24-25,30-31,36-37,39,41-42,44,46-48,50,52-54,56,58-60,62,64-66,68,70-83H2,1-5H3/p+1/b10-8-,11-9-,16-14-,17-15-,22-20-,23-21-,28-26-,29-27-,34-32-,35-33-,40-38-,45-43-,51-49-,57-55-,63-61-,69-67-. The Morgan fingerprint density at radius 1 is 0.323 bits per heavy atom. The van der Waals surface area contributed by atoms with Crippen LogP contribution in [0.15, 0.2) is 194 Å². The quantitative estimate of drug-likeness (QED) is 0.0211. The van der Waals surface area contributed by atoms with Gasteiger partial charge in [-0.15, -0.1) is 0 Å². The second kappa shape index (κ2) is 74.1. The number of carbonyl (C=O) groups excluding carboxylic acids is 2. The van der Waals surface area contributed by atoms with Crippen molar-refractivity contribution in [3.05, 3.63) is 194 Å². The van der Waals surface area contributed by atoms with E-state index in [1.165, 1.54) is 109 Å². The first kappa shape index (κ1) is 90.8. The molecule has 1 N–H and O–H groups in total. The van der Waals surface area contributed by atoms with Crippen molar-refractivity contribution in [2.75, 3.05) is 47.5 Å². The van der Waals surface area contributed by atoms with Gasteiger partial charge in [0, 0.05) is 12.8 Å². The lowest BCUT2D eigenvalue weighted by Gasteiger charge is -2.24. The third-order valence-corrected chi connectivity index (χ3v) is 16.6. The molecule has 0 saturated heterocycles. The van der Waals surface area contributed by atoms with Gasteiger partial charge in [0.25, 0.3) is 0 Å². The molecule has 0 aliphatic rings. The maximum atomic E-state index is 12.9. The number of carbonyl (C=O) groups is 2. The molecular formula is C86H141NO8P+. The van der Waals surface area contributed by atoms with E-state index < -0.39 is 26.5 Å². The van der Waals surface area contributed by atoms with Crippen LogP contribution in [0.2, 0.25) is 0 Å². The van der Waals surface area contributed by atoms with Crippen LogP contribution >= 0.6 is 7.82 Å². The number of hydrogen-bond donors (Lipinski definition) is 1. The minimum Gasteiger partial charge on any atom is -0.462 e. The molecule has 0 rings (SSSR count). The number of allylic oxidation sites excluding steroid dienone is 32. The zero-order chi connectivity index (χ0) is 69.7. The first-order valence-electron chi connectivity index (χ1n) is 38.2. The maximum absolute atomic E-state index is 12.9. The molecule has 0 amide bonds. The number of phosphoric ester groups is 1. The predicted octanol–water partition coefficient (Wildman–Crippen LogP) is 25.6. The molecule has 0 aliphatic carbocycles. The molecule has 96 heavy (non-hydrogen) atoms. The van der Waals surface area contributed by atoms with E-state index in [0.717, 1.165) is 141 Å². The Morgan fingerprint density at radius 2 is 0.562 bits per heavy atom. The second-order valence-electron chi connectivity index (χ2n) is 25.9. The van der Waals surface area contributed by atoms with E-state index in [-0.39, 0.29) is 32.0 Å². The summed E-state index contributed by atoms with van der Waals surface area (Å²) in [6, 6.07) is 0. The number of quaternary nitrogens is 1. The fraction of sp³-hybridized carbons (Fsp3) is 0.605. The summed E-state index contributed by atoms with van der Waals surface area (Å²) in [6.45, 7) is 4.16. The molecule has 0 spiro atoms. The van der Waals surface area contributed by atoms with Crippen LogP contribution in [-0.4, -0.2) is 74.9 Å². The van der Waals surface area contributed by atoms with Crippen molar-refractivity contribution < 1.29 is 42.1 Å². The first-order valence-corrected chi connectivity index (χ1v) is 39.7. The SMILES string of the molecule is CC/C=C\C/C=C\C/C=C\C/C=C\C/C=C\C/C=C\C/C=C\C/C=C\C/C=C\C/C=C\C/C=C\CCCCCC(=O)OC(COC(=O)CCCCCCCCCCCCCCCCCCCCC/C=C\C/C=C\C/C=C\C/C=C\C/C=C\CC)COP(=O)(O)OCC[N+](C)(C)C. The fourth-order valence-electron chi connectivity index (χ4n) is 9.87. The van der Waals surface area contributed by atoms with Crippen molar-refractivity contribution in [2.24, 2.45) is 0 Å². The highest BCUT2D eigenvalue weighted by Crippen LogP contribution is 2.43. The molecule has 0 aromatic rings. The Kier molecular flexibility index (Phi) is 70.1. The summed E-state index contributed by atoms with van der Waals surface area (Å²) in [5.41, 5.74) is 0. The van der Waals surface area contributed by atoms with Gasteiger partial charge in [-0.2, -0.15) is 0 Å². The van der Waals surface area contributed by atoms with Gasteiger partial charge in [0.2, 0.25) is 0 Å².